The van der Waals surface area contributed by atoms with E-state index in [2.05, 4.69) is 4.90 Å². The van der Waals surface area contributed by atoms with Gasteiger partial charge in [0.15, 0.2) is 0 Å². The number of nitrogens with zero attached hydrogens (tertiary/aromatic N) is 1. The Hall–Kier alpha value is -0.120. The quantitative estimate of drug-likeness (QED) is 0.613. The number of hydrogen-bond acceptors (Lipinski definition) is 3. The van der Waals surface area contributed by atoms with Gasteiger partial charge in [0.1, 0.15) is 0 Å². The number of ether oxygens (including phenoxy) is 1. The third kappa shape index (κ3) is 1.49. The second kappa shape index (κ2) is 3.32. The van der Waals surface area contributed by atoms with Crippen LogP contribution in [0, 0.1) is 0 Å². The van der Waals surface area contributed by atoms with E-state index in [0.29, 0.717) is 6.04 Å². The van der Waals surface area contributed by atoms with Crippen LogP contribution < -0.4 is 0 Å². The molecule has 2 fully saturated rings. The molecule has 0 spiro atoms. The Balaban J connectivity index is 1.92. The van der Waals surface area contributed by atoms with E-state index in [4.69, 9.17) is 4.74 Å². The highest BCUT2D eigenvalue weighted by atomic mass is 16.5. The number of rotatable bonds is 1. The first kappa shape index (κ1) is 8.48. The van der Waals surface area contributed by atoms with E-state index >= 15 is 0 Å². The van der Waals surface area contributed by atoms with Gasteiger partial charge in [-0.3, -0.25) is 4.90 Å². The highest BCUT2D eigenvalue weighted by Gasteiger charge is 2.33. The van der Waals surface area contributed by atoms with Gasteiger partial charge in [0.2, 0.25) is 0 Å². The molecule has 3 nitrogen and oxygen atoms in total. The molecule has 0 aromatic heterocycles. The fourth-order valence-corrected chi connectivity index (χ4v) is 2.13. The summed E-state index contributed by atoms with van der Waals surface area (Å²) in [4.78, 5) is 2.45. The SMILES string of the molecule is CC(O)[C@@H]1CN2CCC[C@H]2CO1. The van der Waals surface area contributed by atoms with Crippen molar-refractivity contribution in [3.63, 3.8) is 0 Å². The summed E-state index contributed by atoms with van der Waals surface area (Å²) >= 11 is 0. The maximum Gasteiger partial charge on any atom is 0.0958 e. The molecule has 2 heterocycles. The first-order valence-corrected chi connectivity index (χ1v) is 4.81. The van der Waals surface area contributed by atoms with Crippen LogP contribution in [0.25, 0.3) is 0 Å². The van der Waals surface area contributed by atoms with Crippen LogP contribution in [0.5, 0.6) is 0 Å². The molecule has 0 aromatic rings. The monoisotopic (exact) mass is 171 g/mol. The minimum atomic E-state index is -0.327. The average Bonchev–Trinajstić information content (AvgIpc) is 2.49. The van der Waals surface area contributed by atoms with Gasteiger partial charge in [0, 0.05) is 12.6 Å². The van der Waals surface area contributed by atoms with Crippen molar-refractivity contribution < 1.29 is 9.84 Å². The van der Waals surface area contributed by atoms with E-state index in [1.54, 1.807) is 6.92 Å². The highest BCUT2D eigenvalue weighted by molar-refractivity contribution is 4.86. The average molecular weight is 171 g/mol. The van der Waals surface area contributed by atoms with Crippen molar-refractivity contribution in [1.29, 1.82) is 0 Å². The van der Waals surface area contributed by atoms with Crippen LogP contribution in [0.4, 0.5) is 0 Å². The molecule has 1 unspecified atom stereocenters. The molecule has 0 aliphatic carbocycles. The van der Waals surface area contributed by atoms with Crippen molar-refractivity contribution in [2.24, 2.45) is 0 Å². The van der Waals surface area contributed by atoms with Gasteiger partial charge in [-0.15, -0.1) is 0 Å². The number of aliphatic hydroxyl groups excluding tert-OH is 1. The molecule has 0 aromatic carbocycles. The summed E-state index contributed by atoms with van der Waals surface area (Å²) in [5.41, 5.74) is 0. The molecule has 2 aliphatic rings. The molecule has 12 heavy (non-hydrogen) atoms. The van der Waals surface area contributed by atoms with Gasteiger partial charge >= 0.3 is 0 Å². The standard InChI is InChI=1S/C9H17NO2/c1-7(11)9-5-10-4-2-3-8(10)6-12-9/h7-9,11H,2-6H2,1H3/t7?,8-,9-/m0/s1. The Morgan fingerprint density at radius 3 is 3.17 bits per heavy atom. The Morgan fingerprint density at radius 1 is 1.58 bits per heavy atom. The van der Waals surface area contributed by atoms with Gasteiger partial charge < -0.3 is 9.84 Å². The van der Waals surface area contributed by atoms with Crippen LogP contribution in [-0.2, 0) is 4.74 Å². The molecule has 0 bridgehead atoms. The molecule has 1 N–H and O–H groups in total. The zero-order valence-corrected chi connectivity index (χ0v) is 7.57. The minimum Gasteiger partial charge on any atom is -0.391 e. The van der Waals surface area contributed by atoms with Crippen molar-refractivity contribution in [2.75, 3.05) is 19.7 Å². The molecule has 0 radical (unpaired) electrons. The van der Waals surface area contributed by atoms with Crippen molar-refractivity contribution in [2.45, 2.75) is 38.0 Å². The predicted octanol–water partition coefficient (Wildman–Crippen LogP) is 0.230. The molecule has 2 rings (SSSR count). The van der Waals surface area contributed by atoms with Crippen molar-refractivity contribution in [1.82, 2.24) is 4.90 Å². The van der Waals surface area contributed by atoms with Crippen molar-refractivity contribution in [3.8, 4) is 0 Å². The number of fused-ring (bicyclic) bond motifs is 1. The Bertz CT molecular complexity index is 161. The maximum absolute atomic E-state index is 9.35. The summed E-state index contributed by atoms with van der Waals surface area (Å²) in [5, 5.41) is 9.35. The fraction of sp³-hybridized carbons (Fsp3) is 1.00. The van der Waals surface area contributed by atoms with E-state index in [1.165, 1.54) is 19.4 Å². The topological polar surface area (TPSA) is 32.7 Å². The van der Waals surface area contributed by atoms with E-state index in [9.17, 15) is 5.11 Å². The number of morpholine rings is 1. The molecule has 0 amide bonds. The van der Waals surface area contributed by atoms with Crippen molar-refractivity contribution >= 4 is 0 Å². The lowest BCUT2D eigenvalue weighted by Gasteiger charge is -2.36. The van der Waals surface area contributed by atoms with E-state index in [0.717, 1.165) is 13.2 Å². The smallest absolute Gasteiger partial charge is 0.0958 e. The lowest BCUT2D eigenvalue weighted by molar-refractivity contribution is -0.0965. The van der Waals surface area contributed by atoms with E-state index < -0.39 is 0 Å². The van der Waals surface area contributed by atoms with Gasteiger partial charge in [-0.1, -0.05) is 0 Å². The maximum atomic E-state index is 9.35. The summed E-state index contributed by atoms with van der Waals surface area (Å²) in [6, 6.07) is 0.639. The van der Waals surface area contributed by atoms with E-state index in [1.807, 2.05) is 0 Å². The molecule has 0 saturated carbocycles. The molecular formula is C9H17NO2. The van der Waals surface area contributed by atoms with Crippen LogP contribution in [-0.4, -0.2) is 48.0 Å². The molecule has 2 saturated heterocycles. The van der Waals surface area contributed by atoms with Gasteiger partial charge in [-0.25, -0.2) is 0 Å². The number of aliphatic hydroxyl groups is 1. The summed E-state index contributed by atoms with van der Waals surface area (Å²) < 4.78 is 5.56. The molecule has 70 valence electrons. The van der Waals surface area contributed by atoms with Crippen molar-refractivity contribution in [3.05, 3.63) is 0 Å². The zero-order valence-electron chi connectivity index (χ0n) is 7.57. The van der Waals surface area contributed by atoms with E-state index in [-0.39, 0.29) is 12.2 Å². The van der Waals surface area contributed by atoms with Crippen LogP contribution in [0.1, 0.15) is 19.8 Å². The molecular weight excluding hydrogens is 154 g/mol. The molecule has 2 aliphatic heterocycles. The Kier molecular flexibility index (Phi) is 2.35. The predicted molar refractivity (Wildman–Crippen MR) is 46.0 cm³/mol. The largest absolute Gasteiger partial charge is 0.391 e. The lowest BCUT2D eigenvalue weighted by atomic mass is 10.1. The van der Waals surface area contributed by atoms with Gasteiger partial charge in [-0.2, -0.15) is 0 Å². The fourth-order valence-electron chi connectivity index (χ4n) is 2.13. The van der Waals surface area contributed by atoms with Crippen LogP contribution in [0.2, 0.25) is 0 Å². The summed E-state index contributed by atoms with van der Waals surface area (Å²) in [7, 11) is 0. The normalized spacial score (nSPS) is 39.5. The van der Waals surface area contributed by atoms with Gasteiger partial charge in [0.05, 0.1) is 18.8 Å². The number of hydrogen-bond donors (Lipinski definition) is 1. The zero-order chi connectivity index (χ0) is 8.55. The first-order chi connectivity index (χ1) is 5.77. The van der Waals surface area contributed by atoms with Gasteiger partial charge in [-0.05, 0) is 26.3 Å². The first-order valence-electron chi connectivity index (χ1n) is 4.81. The second-order valence-electron chi connectivity index (χ2n) is 3.90. The second-order valence-corrected chi connectivity index (χ2v) is 3.90. The van der Waals surface area contributed by atoms with Gasteiger partial charge in [0.25, 0.3) is 0 Å². The third-order valence-electron chi connectivity index (χ3n) is 2.95. The molecule has 3 atom stereocenters. The Morgan fingerprint density at radius 2 is 2.42 bits per heavy atom. The van der Waals surface area contributed by atoms with Crippen LogP contribution in [0.3, 0.4) is 0 Å². The van der Waals surface area contributed by atoms with Crippen LogP contribution >= 0.6 is 0 Å². The Labute approximate surface area is 73.3 Å². The summed E-state index contributed by atoms with van der Waals surface area (Å²) in [6.45, 7) is 4.73. The highest BCUT2D eigenvalue weighted by Crippen LogP contribution is 2.23. The van der Waals surface area contributed by atoms with Crippen LogP contribution in [0.15, 0.2) is 0 Å². The lowest BCUT2D eigenvalue weighted by Crippen LogP contribution is -2.49. The minimum absolute atomic E-state index is 0.0411. The summed E-state index contributed by atoms with van der Waals surface area (Å²) in [5.74, 6) is 0. The molecule has 3 heteroatoms. The summed E-state index contributed by atoms with van der Waals surface area (Å²) in [6.07, 6.45) is 2.28. The third-order valence-corrected chi connectivity index (χ3v) is 2.95.